The minimum Gasteiger partial charge on any atom is -0.352 e. The summed E-state index contributed by atoms with van der Waals surface area (Å²) in [4.78, 5) is 17.8. The summed E-state index contributed by atoms with van der Waals surface area (Å²) in [5.41, 5.74) is 3.64. The molecule has 4 rings (SSSR count). The van der Waals surface area contributed by atoms with Gasteiger partial charge in [0, 0.05) is 26.2 Å². The largest absolute Gasteiger partial charge is 0.352 e. The minimum absolute atomic E-state index is 0.0171. The molecular formula is C26H34FN3O. The van der Waals surface area contributed by atoms with Gasteiger partial charge in [-0.25, -0.2) is 4.39 Å². The van der Waals surface area contributed by atoms with Crippen molar-refractivity contribution in [1.82, 2.24) is 15.1 Å². The van der Waals surface area contributed by atoms with Gasteiger partial charge in [-0.15, -0.1) is 0 Å². The van der Waals surface area contributed by atoms with E-state index in [9.17, 15) is 9.18 Å². The molecule has 5 heteroatoms. The number of rotatable bonds is 7. The van der Waals surface area contributed by atoms with Crippen LogP contribution >= 0.6 is 0 Å². The molecule has 2 heterocycles. The molecular weight excluding hydrogens is 389 g/mol. The number of piperidine rings is 2. The average Bonchev–Trinajstić information content (AvgIpc) is 2.81. The zero-order valence-corrected chi connectivity index (χ0v) is 18.4. The van der Waals surface area contributed by atoms with Crippen LogP contribution in [-0.2, 0) is 24.4 Å². The van der Waals surface area contributed by atoms with Crippen molar-refractivity contribution in [1.29, 1.82) is 0 Å². The highest BCUT2D eigenvalue weighted by molar-refractivity contribution is 5.79. The van der Waals surface area contributed by atoms with Gasteiger partial charge in [0.25, 0.3) is 0 Å². The predicted octanol–water partition coefficient (Wildman–Crippen LogP) is 4.34. The van der Waals surface area contributed by atoms with Crippen LogP contribution in [0, 0.1) is 11.7 Å². The molecule has 166 valence electrons. The van der Waals surface area contributed by atoms with Crippen molar-refractivity contribution in [2.24, 2.45) is 5.92 Å². The molecule has 0 aromatic heterocycles. The van der Waals surface area contributed by atoms with Gasteiger partial charge in [-0.3, -0.25) is 14.6 Å². The molecule has 1 unspecified atom stereocenters. The van der Waals surface area contributed by atoms with Gasteiger partial charge in [0.05, 0.1) is 5.92 Å². The van der Waals surface area contributed by atoms with Gasteiger partial charge in [-0.1, -0.05) is 42.8 Å². The Bertz CT molecular complexity index is 848. The number of carbonyl (C=O) groups is 1. The number of likely N-dealkylation sites (tertiary alicyclic amines) is 2. The molecule has 1 atom stereocenters. The molecule has 2 aliphatic heterocycles. The Hall–Kier alpha value is -2.24. The summed E-state index contributed by atoms with van der Waals surface area (Å²) in [5, 5.41) is 3.20. The fourth-order valence-electron chi connectivity index (χ4n) is 4.83. The fourth-order valence-corrected chi connectivity index (χ4v) is 4.83. The first-order valence-corrected chi connectivity index (χ1v) is 11.7. The van der Waals surface area contributed by atoms with E-state index in [4.69, 9.17) is 0 Å². The standard InChI is InChI=1S/C26H34FN3O/c27-25-12-10-21(11-13-25)18-30-16-6-9-24(20-30)26(31)28-17-22-7-2-3-8-23(22)19-29-14-4-1-5-15-29/h2-3,7-8,10-13,24H,1,4-6,9,14-20H2,(H,28,31). The average molecular weight is 424 g/mol. The monoisotopic (exact) mass is 423 g/mol. The number of nitrogens with zero attached hydrogens (tertiary/aromatic N) is 2. The van der Waals surface area contributed by atoms with Crippen molar-refractivity contribution < 1.29 is 9.18 Å². The molecule has 1 N–H and O–H groups in total. The molecule has 2 aromatic rings. The molecule has 0 aliphatic carbocycles. The predicted molar refractivity (Wildman–Crippen MR) is 122 cm³/mol. The Morgan fingerprint density at radius 2 is 1.58 bits per heavy atom. The zero-order chi connectivity index (χ0) is 21.5. The smallest absolute Gasteiger partial charge is 0.224 e. The van der Waals surface area contributed by atoms with E-state index in [1.165, 1.54) is 55.6 Å². The number of benzene rings is 2. The van der Waals surface area contributed by atoms with Gasteiger partial charge >= 0.3 is 0 Å². The van der Waals surface area contributed by atoms with Crippen molar-refractivity contribution in [3.63, 3.8) is 0 Å². The number of halogens is 1. The maximum atomic E-state index is 13.1. The highest BCUT2D eigenvalue weighted by Crippen LogP contribution is 2.20. The van der Waals surface area contributed by atoms with E-state index in [-0.39, 0.29) is 17.6 Å². The van der Waals surface area contributed by atoms with Crippen LogP contribution < -0.4 is 5.32 Å². The van der Waals surface area contributed by atoms with Gasteiger partial charge in [-0.05, 0) is 74.1 Å². The summed E-state index contributed by atoms with van der Waals surface area (Å²) in [6.45, 7) is 6.43. The summed E-state index contributed by atoms with van der Waals surface area (Å²) in [6.07, 6.45) is 5.86. The Morgan fingerprint density at radius 1 is 0.871 bits per heavy atom. The van der Waals surface area contributed by atoms with Crippen LogP contribution in [0.3, 0.4) is 0 Å². The SMILES string of the molecule is O=C(NCc1ccccc1CN1CCCCC1)C1CCCN(Cc2ccc(F)cc2)C1. The highest BCUT2D eigenvalue weighted by Gasteiger charge is 2.25. The molecule has 0 spiro atoms. The number of amides is 1. The van der Waals surface area contributed by atoms with E-state index in [2.05, 4.69) is 39.4 Å². The van der Waals surface area contributed by atoms with E-state index in [1.54, 1.807) is 0 Å². The minimum atomic E-state index is -0.208. The van der Waals surface area contributed by atoms with Gasteiger partial charge in [0.15, 0.2) is 0 Å². The van der Waals surface area contributed by atoms with Gasteiger partial charge in [-0.2, -0.15) is 0 Å². The van der Waals surface area contributed by atoms with Crippen LogP contribution in [0.25, 0.3) is 0 Å². The first kappa shape index (κ1) is 22.0. The molecule has 0 saturated carbocycles. The van der Waals surface area contributed by atoms with Crippen molar-refractivity contribution in [2.75, 3.05) is 26.2 Å². The topological polar surface area (TPSA) is 35.6 Å². The van der Waals surface area contributed by atoms with E-state index < -0.39 is 0 Å². The third-order valence-electron chi connectivity index (χ3n) is 6.61. The third kappa shape index (κ3) is 6.37. The van der Waals surface area contributed by atoms with Crippen LogP contribution in [0.15, 0.2) is 48.5 Å². The van der Waals surface area contributed by atoms with Gasteiger partial charge in [0.2, 0.25) is 5.91 Å². The van der Waals surface area contributed by atoms with E-state index in [0.29, 0.717) is 6.54 Å². The lowest BCUT2D eigenvalue weighted by Crippen LogP contribution is -2.42. The second-order valence-corrected chi connectivity index (χ2v) is 9.02. The lowest BCUT2D eigenvalue weighted by molar-refractivity contribution is -0.126. The summed E-state index contributed by atoms with van der Waals surface area (Å²) in [7, 11) is 0. The quantitative estimate of drug-likeness (QED) is 0.720. The molecule has 2 aromatic carbocycles. The highest BCUT2D eigenvalue weighted by atomic mass is 19.1. The maximum Gasteiger partial charge on any atom is 0.224 e. The second kappa shape index (κ2) is 10.9. The Morgan fingerprint density at radius 3 is 2.35 bits per heavy atom. The molecule has 2 saturated heterocycles. The summed E-state index contributed by atoms with van der Waals surface area (Å²) in [6, 6.07) is 15.2. The zero-order valence-electron chi connectivity index (χ0n) is 18.4. The fraction of sp³-hybridized carbons (Fsp3) is 0.500. The van der Waals surface area contributed by atoms with E-state index in [1.807, 2.05) is 12.1 Å². The van der Waals surface area contributed by atoms with Crippen molar-refractivity contribution in [3.05, 3.63) is 71.0 Å². The normalized spacial score (nSPS) is 20.5. The Kier molecular flexibility index (Phi) is 7.71. The van der Waals surface area contributed by atoms with Crippen LogP contribution in [0.4, 0.5) is 4.39 Å². The van der Waals surface area contributed by atoms with Crippen molar-refractivity contribution in [2.45, 2.75) is 51.7 Å². The molecule has 0 bridgehead atoms. The maximum absolute atomic E-state index is 13.1. The molecule has 4 nitrogen and oxygen atoms in total. The number of carbonyl (C=O) groups excluding carboxylic acids is 1. The summed E-state index contributed by atoms with van der Waals surface area (Å²) >= 11 is 0. The second-order valence-electron chi connectivity index (χ2n) is 9.02. The lowest BCUT2D eigenvalue weighted by Gasteiger charge is -2.32. The first-order valence-electron chi connectivity index (χ1n) is 11.7. The van der Waals surface area contributed by atoms with Crippen LogP contribution in [0.1, 0.15) is 48.8 Å². The van der Waals surface area contributed by atoms with Crippen LogP contribution in [-0.4, -0.2) is 41.9 Å². The van der Waals surface area contributed by atoms with Crippen molar-refractivity contribution >= 4 is 5.91 Å². The van der Waals surface area contributed by atoms with Gasteiger partial charge < -0.3 is 5.32 Å². The summed E-state index contributed by atoms with van der Waals surface area (Å²) < 4.78 is 13.1. The van der Waals surface area contributed by atoms with E-state index in [0.717, 1.165) is 44.6 Å². The lowest BCUT2D eigenvalue weighted by atomic mass is 9.96. The van der Waals surface area contributed by atoms with Crippen molar-refractivity contribution in [3.8, 4) is 0 Å². The number of nitrogens with one attached hydrogen (secondary N) is 1. The third-order valence-corrected chi connectivity index (χ3v) is 6.61. The number of hydrogen-bond donors (Lipinski definition) is 1. The first-order chi connectivity index (χ1) is 15.2. The Balaban J connectivity index is 1.29. The van der Waals surface area contributed by atoms with Gasteiger partial charge in [0.1, 0.15) is 5.82 Å². The molecule has 31 heavy (non-hydrogen) atoms. The Labute approximate surface area is 185 Å². The van der Waals surface area contributed by atoms with E-state index >= 15 is 0 Å². The summed E-state index contributed by atoms with van der Waals surface area (Å²) in [5.74, 6) is -0.0414. The van der Waals surface area contributed by atoms with Crippen LogP contribution in [0.5, 0.6) is 0 Å². The molecule has 1 amide bonds. The molecule has 0 radical (unpaired) electrons. The number of hydrogen-bond acceptors (Lipinski definition) is 3. The molecule has 2 fully saturated rings. The molecule has 2 aliphatic rings. The van der Waals surface area contributed by atoms with Crippen LogP contribution in [0.2, 0.25) is 0 Å².